The number of hydrogen-bond acceptors (Lipinski definition) is 6. The molecule has 2 aromatic carbocycles. The van der Waals surface area contributed by atoms with E-state index in [1.54, 1.807) is 24.3 Å². The number of nitrogens with one attached hydrogen (secondary N) is 3. The number of thioether (sulfide) groups is 1. The summed E-state index contributed by atoms with van der Waals surface area (Å²) in [4.78, 5) is 23.8. The van der Waals surface area contributed by atoms with Crippen molar-refractivity contribution in [1.29, 1.82) is 0 Å². The highest BCUT2D eigenvalue weighted by molar-refractivity contribution is 8.01. The van der Waals surface area contributed by atoms with E-state index < -0.39 is 6.03 Å². The van der Waals surface area contributed by atoms with Gasteiger partial charge in [-0.1, -0.05) is 53.4 Å². The molecule has 0 bridgehead atoms. The van der Waals surface area contributed by atoms with E-state index in [0.717, 1.165) is 5.56 Å². The van der Waals surface area contributed by atoms with Crippen molar-refractivity contribution in [3.63, 3.8) is 0 Å². The van der Waals surface area contributed by atoms with Gasteiger partial charge in [0.2, 0.25) is 11.0 Å². The molecule has 0 unspecified atom stereocenters. The second-order valence-electron chi connectivity index (χ2n) is 5.51. The number of anilines is 2. The number of benzene rings is 2. The zero-order valence-electron chi connectivity index (χ0n) is 14.5. The van der Waals surface area contributed by atoms with Crippen LogP contribution in [0.2, 0.25) is 0 Å². The highest BCUT2D eigenvalue weighted by Crippen LogP contribution is 2.25. The Balaban J connectivity index is 1.40. The zero-order chi connectivity index (χ0) is 19.8. The van der Waals surface area contributed by atoms with Crippen LogP contribution >= 0.6 is 23.1 Å². The summed E-state index contributed by atoms with van der Waals surface area (Å²) in [6, 6.07) is 14.5. The molecule has 1 heterocycles. The minimum Gasteiger partial charge on any atom is -0.351 e. The molecule has 0 atom stereocenters. The number of urea groups is 1. The first-order valence-corrected chi connectivity index (χ1v) is 9.99. The summed E-state index contributed by atoms with van der Waals surface area (Å²) in [5, 5.41) is 16.2. The van der Waals surface area contributed by atoms with E-state index in [0.29, 0.717) is 21.7 Å². The second kappa shape index (κ2) is 9.81. The summed E-state index contributed by atoms with van der Waals surface area (Å²) >= 11 is 2.40. The molecule has 0 fully saturated rings. The van der Waals surface area contributed by atoms with Crippen LogP contribution in [0.1, 0.15) is 5.56 Å². The summed E-state index contributed by atoms with van der Waals surface area (Å²) in [7, 11) is 0. The quantitative estimate of drug-likeness (QED) is 0.402. The average Bonchev–Trinajstić information content (AvgIpc) is 3.14. The number of carbonyl (C=O) groups excluding carboxylic acids is 2. The molecule has 0 saturated heterocycles. The van der Waals surface area contributed by atoms with Crippen LogP contribution in [-0.2, 0) is 11.3 Å². The van der Waals surface area contributed by atoms with Gasteiger partial charge in [0.25, 0.3) is 0 Å². The van der Waals surface area contributed by atoms with Gasteiger partial charge in [-0.15, -0.1) is 10.2 Å². The minimum absolute atomic E-state index is 0.159. The summed E-state index contributed by atoms with van der Waals surface area (Å²) in [5.41, 5.74) is 1.48. The maximum absolute atomic E-state index is 12.9. The van der Waals surface area contributed by atoms with Crippen molar-refractivity contribution in [3.05, 3.63) is 66.0 Å². The van der Waals surface area contributed by atoms with Gasteiger partial charge in [0.05, 0.1) is 5.75 Å². The van der Waals surface area contributed by atoms with Gasteiger partial charge in [-0.2, -0.15) is 0 Å². The number of rotatable bonds is 7. The van der Waals surface area contributed by atoms with Gasteiger partial charge in [-0.3, -0.25) is 10.1 Å². The molecule has 144 valence electrons. The van der Waals surface area contributed by atoms with E-state index in [1.807, 2.05) is 18.2 Å². The van der Waals surface area contributed by atoms with Crippen molar-refractivity contribution in [1.82, 2.24) is 15.5 Å². The third-order valence-corrected chi connectivity index (χ3v) is 5.36. The Morgan fingerprint density at radius 1 is 1.00 bits per heavy atom. The summed E-state index contributed by atoms with van der Waals surface area (Å²) < 4.78 is 13.4. The molecule has 1 aromatic heterocycles. The van der Waals surface area contributed by atoms with E-state index in [-0.39, 0.29) is 17.5 Å². The Hall–Kier alpha value is -2.98. The Bertz CT molecular complexity index is 935. The Morgan fingerprint density at radius 3 is 2.50 bits per heavy atom. The van der Waals surface area contributed by atoms with Crippen LogP contribution in [0.25, 0.3) is 0 Å². The maximum atomic E-state index is 12.9. The number of aromatic nitrogens is 2. The first-order chi connectivity index (χ1) is 13.6. The summed E-state index contributed by atoms with van der Waals surface area (Å²) in [6.45, 7) is 0.322. The van der Waals surface area contributed by atoms with Gasteiger partial charge < -0.3 is 10.6 Å². The standard InChI is InChI=1S/C18H16FN5O2S2/c19-13-8-6-12(7-9-13)10-20-15(25)11-27-18-24-23-17(28-18)22-16(26)21-14-4-2-1-3-5-14/h1-9H,10-11H2,(H,20,25)(H2,21,22,23,26). The first kappa shape index (κ1) is 19.8. The predicted molar refractivity (Wildman–Crippen MR) is 108 cm³/mol. The van der Waals surface area contributed by atoms with Crippen molar-refractivity contribution in [2.75, 3.05) is 16.4 Å². The van der Waals surface area contributed by atoms with Crippen molar-refractivity contribution in [3.8, 4) is 0 Å². The Morgan fingerprint density at radius 2 is 1.75 bits per heavy atom. The van der Waals surface area contributed by atoms with Crippen molar-refractivity contribution in [2.45, 2.75) is 10.9 Å². The largest absolute Gasteiger partial charge is 0.351 e. The van der Waals surface area contributed by atoms with Crippen LogP contribution < -0.4 is 16.0 Å². The second-order valence-corrected chi connectivity index (χ2v) is 7.71. The Labute approximate surface area is 168 Å². The Kier molecular flexibility index (Phi) is 6.93. The van der Waals surface area contributed by atoms with Gasteiger partial charge in [0.15, 0.2) is 4.34 Å². The van der Waals surface area contributed by atoms with Gasteiger partial charge in [0.1, 0.15) is 5.82 Å². The van der Waals surface area contributed by atoms with E-state index in [4.69, 9.17) is 0 Å². The fourth-order valence-electron chi connectivity index (χ4n) is 2.08. The lowest BCUT2D eigenvalue weighted by molar-refractivity contribution is -0.118. The molecule has 0 radical (unpaired) electrons. The topological polar surface area (TPSA) is 96.0 Å². The number of amides is 3. The molecule has 0 spiro atoms. The van der Waals surface area contributed by atoms with Crippen LogP contribution in [-0.4, -0.2) is 27.9 Å². The fraction of sp³-hybridized carbons (Fsp3) is 0.111. The minimum atomic E-state index is -0.420. The fourth-order valence-corrected chi connectivity index (χ4v) is 3.66. The SMILES string of the molecule is O=C(CSc1nnc(NC(=O)Nc2ccccc2)s1)NCc1ccc(F)cc1. The molecule has 7 nitrogen and oxygen atoms in total. The first-order valence-electron chi connectivity index (χ1n) is 8.19. The van der Waals surface area contributed by atoms with Gasteiger partial charge in [-0.05, 0) is 29.8 Å². The molecule has 0 saturated carbocycles. The third kappa shape index (κ3) is 6.32. The molecule has 0 aliphatic heterocycles. The number of nitrogens with zero attached hydrogens (tertiary/aromatic N) is 2. The zero-order valence-corrected chi connectivity index (χ0v) is 16.1. The van der Waals surface area contributed by atoms with E-state index >= 15 is 0 Å². The summed E-state index contributed by atoms with van der Waals surface area (Å²) in [6.07, 6.45) is 0. The van der Waals surface area contributed by atoms with Crippen LogP contribution in [0, 0.1) is 5.82 Å². The molecule has 28 heavy (non-hydrogen) atoms. The maximum Gasteiger partial charge on any atom is 0.325 e. The molecule has 3 N–H and O–H groups in total. The molecule has 3 rings (SSSR count). The lowest BCUT2D eigenvalue weighted by Crippen LogP contribution is -2.24. The van der Waals surface area contributed by atoms with Gasteiger partial charge >= 0.3 is 6.03 Å². The van der Waals surface area contributed by atoms with Gasteiger partial charge in [0, 0.05) is 12.2 Å². The van der Waals surface area contributed by atoms with Gasteiger partial charge in [-0.25, -0.2) is 9.18 Å². The average molecular weight is 417 g/mol. The van der Waals surface area contributed by atoms with E-state index in [9.17, 15) is 14.0 Å². The van der Waals surface area contributed by atoms with Crippen LogP contribution in [0.4, 0.5) is 20.0 Å². The van der Waals surface area contributed by atoms with Crippen LogP contribution in [0.3, 0.4) is 0 Å². The lowest BCUT2D eigenvalue weighted by Gasteiger charge is -2.04. The predicted octanol–water partition coefficient (Wildman–Crippen LogP) is 3.73. The highest BCUT2D eigenvalue weighted by Gasteiger charge is 2.10. The molecule has 10 heteroatoms. The smallest absolute Gasteiger partial charge is 0.325 e. The normalized spacial score (nSPS) is 10.3. The van der Waals surface area contributed by atoms with E-state index in [1.165, 1.54) is 35.2 Å². The third-order valence-electron chi connectivity index (χ3n) is 3.39. The number of hydrogen-bond donors (Lipinski definition) is 3. The lowest BCUT2D eigenvalue weighted by atomic mass is 10.2. The molecule has 3 aromatic rings. The molecule has 0 aliphatic rings. The molecule has 3 amide bonds. The molecule has 0 aliphatic carbocycles. The van der Waals surface area contributed by atoms with Crippen molar-refractivity contribution >= 4 is 45.9 Å². The van der Waals surface area contributed by atoms with Crippen molar-refractivity contribution < 1.29 is 14.0 Å². The van der Waals surface area contributed by atoms with Crippen molar-refractivity contribution in [2.24, 2.45) is 0 Å². The molecular weight excluding hydrogens is 401 g/mol. The van der Waals surface area contributed by atoms with Crippen LogP contribution in [0.5, 0.6) is 0 Å². The van der Waals surface area contributed by atoms with E-state index in [2.05, 4.69) is 26.1 Å². The van der Waals surface area contributed by atoms with Crippen LogP contribution in [0.15, 0.2) is 58.9 Å². The number of halogens is 1. The highest BCUT2D eigenvalue weighted by atomic mass is 32.2. The molecular formula is C18H16FN5O2S2. The number of para-hydroxylation sites is 1. The summed E-state index contributed by atoms with van der Waals surface area (Å²) in [5.74, 6) is -0.337. The monoisotopic (exact) mass is 417 g/mol. The number of carbonyl (C=O) groups is 2.